The molecular weight excluding hydrogens is 638 g/mol. The summed E-state index contributed by atoms with van der Waals surface area (Å²) in [6.07, 6.45) is 4.42. The minimum absolute atomic E-state index is 0.128. The molecule has 0 unspecified atom stereocenters. The summed E-state index contributed by atoms with van der Waals surface area (Å²) in [5.74, 6) is 1.89. The second kappa shape index (κ2) is 14.2. The number of nitrogens with zero attached hydrogens (tertiary/aromatic N) is 3. The van der Waals surface area contributed by atoms with Crippen LogP contribution in [0, 0.1) is 0 Å². The van der Waals surface area contributed by atoms with E-state index in [2.05, 4.69) is 0 Å². The van der Waals surface area contributed by atoms with Crippen LogP contribution in [0.25, 0.3) is 23.0 Å². The van der Waals surface area contributed by atoms with Crippen LogP contribution in [0.1, 0.15) is 16.7 Å². The Labute approximate surface area is 282 Å². The SMILES string of the molecule is COc1ccc(CCN2C(=O)/C(=C/c3cn(-c4ccccc4)nc3-c3ccc(OCc4ccccc4Cl)cc3)SC2=S)cc1OC. The molecule has 1 fully saturated rings. The van der Waals surface area contributed by atoms with Crippen molar-refractivity contribution in [2.24, 2.45) is 0 Å². The summed E-state index contributed by atoms with van der Waals surface area (Å²) in [4.78, 5) is 15.8. The van der Waals surface area contributed by atoms with Crippen LogP contribution in [0.2, 0.25) is 5.02 Å². The number of aromatic nitrogens is 2. The van der Waals surface area contributed by atoms with E-state index in [1.807, 2.05) is 114 Å². The quantitative estimate of drug-likeness (QED) is 0.104. The van der Waals surface area contributed by atoms with E-state index in [1.54, 1.807) is 19.1 Å². The van der Waals surface area contributed by atoms with Gasteiger partial charge in [0.1, 0.15) is 16.7 Å². The Morgan fingerprint density at radius 2 is 1.65 bits per heavy atom. The Bertz CT molecular complexity index is 1910. The fraction of sp³-hybridized carbons (Fsp3) is 0.139. The van der Waals surface area contributed by atoms with Crippen LogP contribution in [0.15, 0.2) is 108 Å². The molecule has 0 saturated carbocycles. The number of benzene rings is 4. The summed E-state index contributed by atoms with van der Waals surface area (Å²) < 4.78 is 19.1. The molecular formula is C36H30ClN3O4S2. The Hall–Kier alpha value is -4.57. The lowest BCUT2D eigenvalue weighted by molar-refractivity contribution is -0.122. The van der Waals surface area contributed by atoms with Crippen LogP contribution in [0.4, 0.5) is 0 Å². The van der Waals surface area contributed by atoms with Gasteiger partial charge in [-0.3, -0.25) is 9.69 Å². The van der Waals surface area contributed by atoms with Gasteiger partial charge in [-0.25, -0.2) is 4.68 Å². The van der Waals surface area contributed by atoms with Crippen molar-refractivity contribution in [2.45, 2.75) is 13.0 Å². The molecule has 1 aromatic heterocycles. The smallest absolute Gasteiger partial charge is 0.266 e. The molecule has 1 amide bonds. The molecule has 232 valence electrons. The Kier molecular flexibility index (Phi) is 9.73. The Morgan fingerprint density at radius 3 is 2.39 bits per heavy atom. The molecule has 1 aliphatic rings. The molecule has 6 rings (SSSR count). The number of amides is 1. The summed E-state index contributed by atoms with van der Waals surface area (Å²) in [6.45, 7) is 0.810. The van der Waals surface area contributed by atoms with Crippen LogP contribution in [0.5, 0.6) is 17.2 Å². The number of hydrogen-bond donors (Lipinski definition) is 0. The largest absolute Gasteiger partial charge is 0.493 e. The van der Waals surface area contributed by atoms with Crippen molar-refractivity contribution in [3.63, 3.8) is 0 Å². The van der Waals surface area contributed by atoms with E-state index in [4.69, 9.17) is 43.1 Å². The number of rotatable bonds is 11. The molecule has 7 nitrogen and oxygen atoms in total. The van der Waals surface area contributed by atoms with Gasteiger partial charge in [0.25, 0.3) is 5.91 Å². The highest BCUT2D eigenvalue weighted by atomic mass is 35.5. The lowest BCUT2D eigenvalue weighted by Gasteiger charge is -2.15. The van der Waals surface area contributed by atoms with Crippen molar-refractivity contribution < 1.29 is 19.0 Å². The topological polar surface area (TPSA) is 65.8 Å². The van der Waals surface area contributed by atoms with E-state index in [9.17, 15) is 4.79 Å². The fourth-order valence-electron chi connectivity index (χ4n) is 5.03. The molecule has 0 radical (unpaired) electrons. The van der Waals surface area contributed by atoms with Crippen molar-refractivity contribution in [1.82, 2.24) is 14.7 Å². The summed E-state index contributed by atoms with van der Waals surface area (Å²) >= 11 is 13.2. The highest BCUT2D eigenvalue weighted by Gasteiger charge is 2.32. The molecule has 5 aromatic rings. The van der Waals surface area contributed by atoms with Crippen molar-refractivity contribution in [2.75, 3.05) is 20.8 Å². The first-order valence-corrected chi connectivity index (χ1v) is 16.1. The fourth-order valence-corrected chi connectivity index (χ4v) is 6.52. The van der Waals surface area contributed by atoms with E-state index >= 15 is 0 Å². The second-order valence-corrected chi connectivity index (χ2v) is 12.5. The van der Waals surface area contributed by atoms with Crippen LogP contribution in [0.3, 0.4) is 0 Å². The minimum Gasteiger partial charge on any atom is -0.493 e. The maximum Gasteiger partial charge on any atom is 0.266 e. The standard InChI is InChI=1S/C36H30ClN3O4S2/c1-42-31-17-12-24(20-32(31)43-2)18-19-39-35(41)33(46-36(39)45)21-27-22-40(28-9-4-3-5-10-28)38-34(27)25-13-15-29(16-14-25)44-23-26-8-6-7-11-30(26)37/h3-17,20-22H,18-19,23H2,1-2H3/b33-21-. The first-order chi connectivity index (χ1) is 22.4. The van der Waals surface area contributed by atoms with Crippen LogP contribution < -0.4 is 14.2 Å². The van der Waals surface area contributed by atoms with Gasteiger partial charge in [0.05, 0.1) is 30.5 Å². The van der Waals surface area contributed by atoms with E-state index in [1.165, 1.54) is 11.8 Å². The number of para-hydroxylation sites is 1. The van der Waals surface area contributed by atoms with E-state index in [0.717, 1.165) is 33.6 Å². The predicted molar refractivity (Wildman–Crippen MR) is 188 cm³/mol. The zero-order chi connectivity index (χ0) is 32.0. The van der Waals surface area contributed by atoms with Gasteiger partial charge < -0.3 is 14.2 Å². The lowest BCUT2D eigenvalue weighted by atomic mass is 10.1. The van der Waals surface area contributed by atoms with Gasteiger partial charge in [0, 0.05) is 34.5 Å². The number of hydrogen-bond acceptors (Lipinski definition) is 7. The molecule has 2 heterocycles. The van der Waals surface area contributed by atoms with Crippen molar-refractivity contribution in [1.29, 1.82) is 0 Å². The van der Waals surface area contributed by atoms with Gasteiger partial charge in [-0.05, 0) is 72.7 Å². The Balaban J connectivity index is 1.24. The van der Waals surface area contributed by atoms with Gasteiger partial charge in [-0.2, -0.15) is 5.10 Å². The molecule has 4 aromatic carbocycles. The third-order valence-electron chi connectivity index (χ3n) is 7.48. The molecule has 0 N–H and O–H groups in total. The third kappa shape index (κ3) is 6.97. The molecule has 1 saturated heterocycles. The zero-order valence-corrected chi connectivity index (χ0v) is 27.6. The minimum atomic E-state index is -0.128. The third-order valence-corrected chi connectivity index (χ3v) is 9.22. The number of carbonyl (C=O) groups is 1. The monoisotopic (exact) mass is 667 g/mol. The zero-order valence-electron chi connectivity index (χ0n) is 25.2. The number of halogens is 1. The average Bonchev–Trinajstić information content (AvgIpc) is 3.63. The molecule has 0 atom stereocenters. The maximum atomic E-state index is 13.6. The molecule has 1 aliphatic heterocycles. The predicted octanol–water partition coefficient (Wildman–Crippen LogP) is 8.23. The first kappa shape index (κ1) is 31.4. The van der Waals surface area contributed by atoms with Crippen molar-refractivity contribution in [3.05, 3.63) is 130 Å². The van der Waals surface area contributed by atoms with Crippen molar-refractivity contribution in [3.8, 4) is 34.2 Å². The first-order valence-electron chi connectivity index (χ1n) is 14.5. The number of methoxy groups -OCH3 is 2. The Morgan fingerprint density at radius 1 is 0.913 bits per heavy atom. The number of ether oxygens (including phenoxy) is 3. The molecule has 0 aliphatic carbocycles. The summed E-state index contributed by atoms with van der Waals surface area (Å²) in [5.41, 5.74) is 5.26. The molecule has 0 bridgehead atoms. The van der Waals surface area contributed by atoms with Crippen LogP contribution in [-0.4, -0.2) is 45.7 Å². The highest BCUT2D eigenvalue weighted by molar-refractivity contribution is 8.26. The van der Waals surface area contributed by atoms with Gasteiger partial charge in [0.15, 0.2) is 11.5 Å². The van der Waals surface area contributed by atoms with Gasteiger partial charge in [-0.15, -0.1) is 0 Å². The van der Waals surface area contributed by atoms with E-state index in [0.29, 0.717) is 51.1 Å². The normalized spacial score (nSPS) is 13.8. The van der Waals surface area contributed by atoms with Crippen molar-refractivity contribution >= 4 is 51.9 Å². The average molecular weight is 668 g/mol. The van der Waals surface area contributed by atoms with Crippen LogP contribution >= 0.6 is 35.6 Å². The maximum absolute atomic E-state index is 13.6. The molecule has 10 heteroatoms. The summed E-state index contributed by atoms with van der Waals surface area (Å²) in [5, 5.41) is 5.59. The number of thiocarbonyl (C=S) groups is 1. The van der Waals surface area contributed by atoms with E-state index in [-0.39, 0.29) is 5.91 Å². The second-order valence-electron chi connectivity index (χ2n) is 10.4. The highest BCUT2D eigenvalue weighted by Crippen LogP contribution is 2.36. The van der Waals surface area contributed by atoms with Gasteiger partial charge in [-0.1, -0.05) is 78.0 Å². The van der Waals surface area contributed by atoms with E-state index < -0.39 is 0 Å². The summed E-state index contributed by atoms with van der Waals surface area (Å²) in [7, 11) is 3.21. The van der Waals surface area contributed by atoms with Gasteiger partial charge in [0.2, 0.25) is 0 Å². The number of carbonyl (C=O) groups excluding carboxylic acids is 1. The number of thioether (sulfide) groups is 1. The van der Waals surface area contributed by atoms with Gasteiger partial charge >= 0.3 is 0 Å². The van der Waals surface area contributed by atoms with Crippen LogP contribution in [-0.2, 0) is 17.8 Å². The lowest BCUT2D eigenvalue weighted by Crippen LogP contribution is -2.30. The molecule has 46 heavy (non-hydrogen) atoms. The summed E-state index contributed by atoms with van der Waals surface area (Å²) in [6, 6.07) is 31.0. The molecule has 0 spiro atoms.